The molecule has 126 valence electrons. The highest BCUT2D eigenvalue weighted by molar-refractivity contribution is 5.80. The van der Waals surface area contributed by atoms with E-state index < -0.39 is 0 Å². The quantitative estimate of drug-likeness (QED) is 0.798. The number of allylic oxidation sites excluding steroid dienone is 2. The Balaban J connectivity index is 1.67. The predicted octanol–water partition coefficient (Wildman–Crippen LogP) is 4.08. The van der Waals surface area contributed by atoms with Crippen LogP contribution in [-0.4, -0.2) is 26.9 Å². The normalized spacial score (nSPS) is 24.0. The minimum absolute atomic E-state index is 0.135. The molecule has 2 aliphatic rings. The maximum absolute atomic E-state index is 13.1. The molecule has 0 radical (unpaired) electrons. The van der Waals surface area contributed by atoms with Gasteiger partial charge in [0.2, 0.25) is 5.91 Å². The molecule has 2 atom stereocenters. The van der Waals surface area contributed by atoms with Crippen LogP contribution < -0.4 is 0 Å². The lowest BCUT2D eigenvalue weighted by atomic mass is 9.93. The van der Waals surface area contributed by atoms with Gasteiger partial charge in [0.15, 0.2) is 0 Å². The van der Waals surface area contributed by atoms with Gasteiger partial charge in [0, 0.05) is 19.0 Å². The Kier molecular flexibility index (Phi) is 4.13. The summed E-state index contributed by atoms with van der Waals surface area (Å²) in [5, 5.41) is 0. The standard InChI is InChI=1S/C20H25N3O/c1-2-22-17-12-7-6-11-16(17)21-19(22)18-13-8-14-23(18)20(24)15-9-4-3-5-10-15/h3-4,6-7,11-12,15,18H,2,5,8-10,13-14H2,1H3/t15-,18-/m0/s1. The molecule has 1 saturated heterocycles. The van der Waals surface area contributed by atoms with Crippen molar-refractivity contribution < 1.29 is 4.79 Å². The summed E-state index contributed by atoms with van der Waals surface area (Å²) in [6.45, 7) is 3.92. The number of para-hydroxylation sites is 2. The molecule has 4 rings (SSSR count). The second-order valence-electron chi connectivity index (χ2n) is 6.87. The predicted molar refractivity (Wildman–Crippen MR) is 95.6 cm³/mol. The lowest BCUT2D eigenvalue weighted by Gasteiger charge is -2.29. The van der Waals surface area contributed by atoms with E-state index in [0.717, 1.165) is 56.5 Å². The molecule has 4 nitrogen and oxygen atoms in total. The lowest BCUT2D eigenvalue weighted by molar-refractivity contribution is -0.136. The van der Waals surface area contributed by atoms with Crippen molar-refractivity contribution in [3.05, 3.63) is 42.2 Å². The number of carbonyl (C=O) groups is 1. The lowest BCUT2D eigenvalue weighted by Crippen LogP contribution is -2.37. The summed E-state index contributed by atoms with van der Waals surface area (Å²) in [7, 11) is 0. The maximum Gasteiger partial charge on any atom is 0.226 e. The maximum atomic E-state index is 13.1. The minimum Gasteiger partial charge on any atom is -0.332 e. The summed E-state index contributed by atoms with van der Waals surface area (Å²) in [4.78, 5) is 20.1. The number of hydrogen-bond donors (Lipinski definition) is 0. The van der Waals surface area contributed by atoms with Gasteiger partial charge < -0.3 is 9.47 Å². The van der Waals surface area contributed by atoms with E-state index in [-0.39, 0.29) is 12.0 Å². The van der Waals surface area contributed by atoms with E-state index in [0.29, 0.717) is 5.91 Å². The van der Waals surface area contributed by atoms with Gasteiger partial charge in [-0.05, 0) is 51.2 Å². The first-order valence-corrected chi connectivity index (χ1v) is 9.20. The van der Waals surface area contributed by atoms with Gasteiger partial charge in [0.05, 0.1) is 17.1 Å². The van der Waals surface area contributed by atoms with Gasteiger partial charge in [-0.2, -0.15) is 0 Å². The van der Waals surface area contributed by atoms with Crippen molar-refractivity contribution in [2.45, 2.75) is 51.6 Å². The Morgan fingerprint density at radius 2 is 2.12 bits per heavy atom. The van der Waals surface area contributed by atoms with Crippen LogP contribution in [0.3, 0.4) is 0 Å². The number of likely N-dealkylation sites (tertiary alicyclic amines) is 1. The molecule has 1 aromatic carbocycles. The average molecular weight is 323 g/mol. The molecule has 0 saturated carbocycles. The third-order valence-corrected chi connectivity index (χ3v) is 5.45. The van der Waals surface area contributed by atoms with Gasteiger partial charge in [-0.25, -0.2) is 4.98 Å². The van der Waals surface area contributed by atoms with Crippen LogP contribution in [0.2, 0.25) is 0 Å². The van der Waals surface area contributed by atoms with Gasteiger partial charge in [0.25, 0.3) is 0 Å². The largest absolute Gasteiger partial charge is 0.332 e. The Hall–Kier alpha value is -2.10. The van der Waals surface area contributed by atoms with Crippen molar-refractivity contribution in [1.82, 2.24) is 14.5 Å². The molecule has 1 aliphatic heterocycles. The van der Waals surface area contributed by atoms with E-state index in [1.165, 1.54) is 5.52 Å². The monoisotopic (exact) mass is 323 g/mol. The van der Waals surface area contributed by atoms with Crippen LogP contribution >= 0.6 is 0 Å². The zero-order valence-electron chi connectivity index (χ0n) is 14.3. The fourth-order valence-corrected chi connectivity index (χ4v) is 4.23. The number of amides is 1. The number of benzene rings is 1. The van der Waals surface area contributed by atoms with Crippen LogP contribution in [0.5, 0.6) is 0 Å². The van der Waals surface area contributed by atoms with E-state index in [1.807, 2.05) is 6.07 Å². The van der Waals surface area contributed by atoms with Crippen LogP contribution in [-0.2, 0) is 11.3 Å². The Morgan fingerprint density at radius 3 is 2.92 bits per heavy atom. The zero-order chi connectivity index (χ0) is 16.5. The molecule has 0 N–H and O–H groups in total. The highest BCUT2D eigenvalue weighted by atomic mass is 16.2. The first-order chi connectivity index (χ1) is 11.8. The molecule has 1 fully saturated rings. The number of carbonyl (C=O) groups excluding carboxylic acids is 1. The van der Waals surface area contributed by atoms with Crippen LogP contribution in [0.25, 0.3) is 11.0 Å². The van der Waals surface area contributed by atoms with Crippen LogP contribution in [0.4, 0.5) is 0 Å². The van der Waals surface area contributed by atoms with Gasteiger partial charge in [0.1, 0.15) is 5.82 Å². The van der Waals surface area contributed by atoms with E-state index in [2.05, 4.69) is 46.7 Å². The molecule has 0 unspecified atom stereocenters. The molecule has 24 heavy (non-hydrogen) atoms. The third kappa shape index (κ3) is 2.54. The first kappa shape index (κ1) is 15.4. The molecule has 0 spiro atoms. The second-order valence-corrected chi connectivity index (χ2v) is 6.87. The zero-order valence-corrected chi connectivity index (χ0v) is 14.3. The van der Waals surface area contributed by atoms with Crippen LogP contribution in [0.1, 0.15) is 50.9 Å². The van der Waals surface area contributed by atoms with E-state index in [9.17, 15) is 4.79 Å². The summed E-state index contributed by atoms with van der Waals surface area (Å²) in [5.41, 5.74) is 2.21. The Labute approximate surface area is 143 Å². The fourth-order valence-electron chi connectivity index (χ4n) is 4.23. The van der Waals surface area contributed by atoms with E-state index in [1.54, 1.807) is 0 Å². The highest BCUT2D eigenvalue weighted by Crippen LogP contribution is 2.35. The number of aryl methyl sites for hydroxylation is 1. The van der Waals surface area contributed by atoms with Crippen molar-refractivity contribution in [2.75, 3.05) is 6.54 Å². The smallest absolute Gasteiger partial charge is 0.226 e. The minimum atomic E-state index is 0.135. The van der Waals surface area contributed by atoms with Gasteiger partial charge in [-0.1, -0.05) is 24.3 Å². The summed E-state index contributed by atoms with van der Waals surface area (Å²) >= 11 is 0. The van der Waals surface area contributed by atoms with Gasteiger partial charge in [-0.3, -0.25) is 4.79 Å². The third-order valence-electron chi connectivity index (χ3n) is 5.45. The van der Waals surface area contributed by atoms with Gasteiger partial charge in [-0.15, -0.1) is 0 Å². The molecular weight excluding hydrogens is 298 g/mol. The molecule has 4 heteroatoms. The molecule has 1 aliphatic carbocycles. The number of rotatable bonds is 3. The Morgan fingerprint density at radius 1 is 1.25 bits per heavy atom. The topological polar surface area (TPSA) is 38.1 Å². The number of imidazole rings is 1. The molecular formula is C20H25N3O. The van der Waals surface area contributed by atoms with Crippen molar-refractivity contribution in [3.8, 4) is 0 Å². The number of nitrogens with zero attached hydrogens (tertiary/aromatic N) is 3. The van der Waals surface area contributed by atoms with Crippen LogP contribution in [0, 0.1) is 5.92 Å². The summed E-state index contributed by atoms with van der Waals surface area (Å²) in [6.07, 6.45) is 9.38. The summed E-state index contributed by atoms with van der Waals surface area (Å²) in [5.74, 6) is 1.56. The number of hydrogen-bond acceptors (Lipinski definition) is 2. The molecule has 0 bridgehead atoms. The molecule has 2 aromatic rings. The molecule has 2 heterocycles. The number of fused-ring (bicyclic) bond motifs is 1. The second kappa shape index (κ2) is 6.42. The summed E-state index contributed by atoms with van der Waals surface area (Å²) in [6, 6.07) is 8.42. The van der Waals surface area contributed by atoms with Crippen molar-refractivity contribution in [2.24, 2.45) is 5.92 Å². The van der Waals surface area contributed by atoms with Crippen molar-refractivity contribution >= 4 is 16.9 Å². The number of aromatic nitrogens is 2. The molecule has 1 aromatic heterocycles. The van der Waals surface area contributed by atoms with Crippen LogP contribution in [0.15, 0.2) is 36.4 Å². The van der Waals surface area contributed by atoms with Crippen molar-refractivity contribution in [1.29, 1.82) is 0 Å². The Bertz CT molecular complexity index is 776. The first-order valence-electron chi connectivity index (χ1n) is 9.20. The highest BCUT2D eigenvalue weighted by Gasteiger charge is 2.36. The van der Waals surface area contributed by atoms with Crippen molar-refractivity contribution in [3.63, 3.8) is 0 Å². The van der Waals surface area contributed by atoms with Gasteiger partial charge >= 0.3 is 0 Å². The van der Waals surface area contributed by atoms with E-state index in [4.69, 9.17) is 4.98 Å². The fraction of sp³-hybridized carbons (Fsp3) is 0.500. The van der Waals surface area contributed by atoms with E-state index >= 15 is 0 Å². The SMILES string of the molecule is CCn1c([C@@H]2CCCN2C(=O)[C@H]2CC=CCC2)nc2ccccc21. The summed E-state index contributed by atoms with van der Waals surface area (Å²) < 4.78 is 2.28. The average Bonchev–Trinajstić information content (AvgIpc) is 3.25. The molecule has 1 amide bonds.